The molecule has 19 heavy (non-hydrogen) atoms. The Bertz CT molecular complexity index is 650. The fraction of sp³-hybridized carbons (Fsp3) is 0.412. The van der Waals surface area contributed by atoms with E-state index in [4.69, 9.17) is 0 Å². The van der Waals surface area contributed by atoms with Crippen molar-refractivity contribution in [3.8, 4) is 0 Å². The Labute approximate surface area is 114 Å². The van der Waals surface area contributed by atoms with E-state index in [9.17, 15) is 0 Å². The van der Waals surface area contributed by atoms with Gasteiger partial charge in [0.1, 0.15) is 0 Å². The predicted molar refractivity (Wildman–Crippen MR) is 79.3 cm³/mol. The summed E-state index contributed by atoms with van der Waals surface area (Å²) in [4.78, 5) is 6.35. The van der Waals surface area contributed by atoms with Crippen LogP contribution in [-0.4, -0.2) is 23.0 Å². The average Bonchev–Trinajstić information content (AvgIpc) is 2.85. The first-order chi connectivity index (χ1) is 9.38. The van der Waals surface area contributed by atoms with Crippen molar-refractivity contribution in [2.24, 2.45) is 0 Å². The van der Waals surface area contributed by atoms with E-state index in [1.54, 1.807) is 11.1 Å². The van der Waals surface area contributed by atoms with E-state index >= 15 is 0 Å². The summed E-state index contributed by atoms with van der Waals surface area (Å²) in [5, 5.41) is 1.43. The van der Waals surface area contributed by atoms with E-state index in [0.29, 0.717) is 6.04 Å². The highest BCUT2D eigenvalue weighted by Crippen LogP contribution is 2.41. The molecule has 0 fully saturated rings. The summed E-state index contributed by atoms with van der Waals surface area (Å²) in [6, 6.07) is 9.25. The van der Waals surface area contributed by atoms with Crippen molar-refractivity contribution in [1.29, 1.82) is 0 Å². The van der Waals surface area contributed by atoms with Gasteiger partial charge in [-0.25, -0.2) is 0 Å². The minimum Gasteiger partial charge on any atom is -0.357 e. The van der Waals surface area contributed by atoms with E-state index in [0.717, 1.165) is 6.42 Å². The van der Waals surface area contributed by atoms with E-state index in [1.165, 1.54) is 42.5 Å². The van der Waals surface area contributed by atoms with Gasteiger partial charge in [0.05, 0.1) is 6.04 Å². The van der Waals surface area contributed by atoms with Crippen molar-refractivity contribution in [2.75, 3.05) is 13.1 Å². The van der Waals surface area contributed by atoms with E-state index < -0.39 is 0 Å². The first-order valence-corrected chi connectivity index (χ1v) is 7.41. The molecule has 2 nitrogen and oxygen atoms in total. The van der Waals surface area contributed by atoms with Crippen LogP contribution in [0.5, 0.6) is 0 Å². The SMILES string of the molecule is CCC1=CCCN2CCc3c([nH]c4ccccc34)C12. The number of benzene rings is 1. The summed E-state index contributed by atoms with van der Waals surface area (Å²) in [5.41, 5.74) is 5.91. The molecule has 1 aromatic carbocycles. The summed E-state index contributed by atoms with van der Waals surface area (Å²) in [6.45, 7) is 4.70. The van der Waals surface area contributed by atoms with Crippen LogP contribution in [0.1, 0.15) is 37.1 Å². The number of aromatic amines is 1. The van der Waals surface area contributed by atoms with Crippen molar-refractivity contribution < 1.29 is 0 Å². The molecule has 3 heterocycles. The largest absolute Gasteiger partial charge is 0.357 e. The van der Waals surface area contributed by atoms with Crippen LogP contribution in [0, 0.1) is 0 Å². The van der Waals surface area contributed by atoms with E-state index in [2.05, 4.69) is 47.1 Å². The zero-order valence-corrected chi connectivity index (χ0v) is 11.4. The third-order valence-corrected chi connectivity index (χ3v) is 4.72. The molecular weight excluding hydrogens is 232 g/mol. The second kappa shape index (κ2) is 4.24. The predicted octanol–water partition coefficient (Wildman–Crippen LogP) is 3.81. The molecule has 1 unspecified atom stereocenters. The van der Waals surface area contributed by atoms with Crippen LogP contribution in [0.25, 0.3) is 10.9 Å². The van der Waals surface area contributed by atoms with Crippen LogP contribution in [0.15, 0.2) is 35.9 Å². The highest BCUT2D eigenvalue weighted by atomic mass is 15.2. The Morgan fingerprint density at radius 2 is 2.16 bits per heavy atom. The zero-order valence-electron chi connectivity index (χ0n) is 11.4. The second-order valence-corrected chi connectivity index (χ2v) is 5.67. The summed E-state index contributed by atoms with van der Waals surface area (Å²) >= 11 is 0. The van der Waals surface area contributed by atoms with Crippen LogP contribution in [0.2, 0.25) is 0 Å². The van der Waals surface area contributed by atoms with Gasteiger partial charge in [0, 0.05) is 29.7 Å². The Hall–Kier alpha value is -1.54. The monoisotopic (exact) mass is 252 g/mol. The Balaban J connectivity index is 1.93. The molecule has 2 aliphatic heterocycles. The lowest BCUT2D eigenvalue weighted by Gasteiger charge is -2.39. The molecule has 2 aromatic rings. The smallest absolute Gasteiger partial charge is 0.0716 e. The van der Waals surface area contributed by atoms with Crippen LogP contribution in [0.4, 0.5) is 0 Å². The van der Waals surface area contributed by atoms with Gasteiger partial charge < -0.3 is 4.98 Å². The fourth-order valence-corrected chi connectivity index (χ4v) is 3.82. The lowest BCUT2D eigenvalue weighted by molar-refractivity contribution is 0.197. The molecule has 1 aromatic heterocycles. The van der Waals surface area contributed by atoms with Crippen LogP contribution >= 0.6 is 0 Å². The van der Waals surface area contributed by atoms with Crippen LogP contribution in [0.3, 0.4) is 0 Å². The Morgan fingerprint density at radius 1 is 1.26 bits per heavy atom. The summed E-state index contributed by atoms with van der Waals surface area (Å²) in [5.74, 6) is 0. The molecule has 0 radical (unpaired) electrons. The summed E-state index contributed by atoms with van der Waals surface area (Å²) in [6.07, 6.45) is 6.03. The van der Waals surface area contributed by atoms with E-state index in [-0.39, 0.29) is 0 Å². The topological polar surface area (TPSA) is 19.0 Å². The van der Waals surface area contributed by atoms with Gasteiger partial charge in [-0.3, -0.25) is 4.90 Å². The molecule has 0 amide bonds. The van der Waals surface area contributed by atoms with Gasteiger partial charge in [-0.1, -0.05) is 36.8 Å². The number of fused-ring (bicyclic) bond motifs is 5. The van der Waals surface area contributed by atoms with Gasteiger partial charge in [0.25, 0.3) is 0 Å². The fourth-order valence-electron chi connectivity index (χ4n) is 3.82. The minimum absolute atomic E-state index is 0.509. The van der Waals surface area contributed by atoms with E-state index in [1.807, 2.05) is 0 Å². The third kappa shape index (κ3) is 1.59. The molecule has 1 N–H and O–H groups in total. The van der Waals surface area contributed by atoms with Gasteiger partial charge in [-0.15, -0.1) is 0 Å². The summed E-state index contributed by atoms with van der Waals surface area (Å²) in [7, 11) is 0. The first-order valence-electron chi connectivity index (χ1n) is 7.41. The van der Waals surface area contributed by atoms with Crippen LogP contribution < -0.4 is 0 Å². The second-order valence-electron chi connectivity index (χ2n) is 5.67. The van der Waals surface area contributed by atoms with Crippen LogP contribution in [-0.2, 0) is 6.42 Å². The lowest BCUT2D eigenvalue weighted by atomic mass is 9.88. The van der Waals surface area contributed by atoms with Gasteiger partial charge >= 0.3 is 0 Å². The molecule has 0 spiro atoms. The van der Waals surface area contributed by atoms with Gasteiger partial charge in [0.2, 0.25) is 0 Å². The molecule has 98 valence electrons. The van der Waals surface area contributed by atoms with Crippen molar-refractivity contribution in [2.45, 2.75) is 32.2 Å². The van der Waals surface area contributed by atoms with Crippen molar-refractivity contribution in [3.63, 3.8) is 0 Å². The standard InChI is InChI=1S/C17H20N2/c1-2-12-6-5-10-19-11-9-14-13-7-3-4-8-15(13)18-16(14)17(12)19/h3-4,6-8,17-18H,2,5,9-11H2,1H3. The maximum atomic E-state index is 3.70. The van der Waals surface area contributed by atoms with Gasteiger partial charge in [0.15, 0.2) is 0 Å². The molecule has 0 saturated carbocycles. The van der Waals surface area contributed by atoms with Crippen molar-refractivity contribution >= 4 is 10.9 Å². The number of rotatable bonds is 1. The lowest BCUT2D eigenvalue weighted by Crippen LogP contribution is -2.39. The number of nitrogens with zero attached hydrogens (tertiary/aromatic N) is 1. The molecule has 0 aliphatic carbocycles. The molecule has 2 aliphatic rings. The number of para-hydroxylation sites is 1. The Morgan fingerprint density at radius 3 is 3.05 bits per heavy atom. The summed E-state index contributed by atoms with van der Waals surface area (Å²) < 4.78 is 0. The molecule has 4 rings (SSSR count). The van der Waals surface area contributed by atoms with Crippen molar-refractivity contribution in [3.05, 3.63) is 47.2 Å². The van der Waals surface area contributed by atoms with Crippen molar-refractivity contribution in [1.82, 2.24) is 9.88 Å². The first kappa shape index (κ1) is 11.3. The third-order valence-electron chi connectivity index (χ3n) is 4.72. The zero-order chi connectivity index (χ0) is 12.8. The highest BCUT2D eigenvalue weighted by molar-refractivity contribution is 5.85. The quantitative estimate of drug-likeness (QED) is 0.765. The van der Waals surface area contributed by atoms with Gasteiger partial charge in [-0.2, -0.15) is 0 Å². The molecule has 0 bridgehead atoms. The maximum absolute atomic E-state index is 3.70. The minimum atomic E-state index is 0.509. The maximum Gasteiger partial charge on any atom is 0.0716 e. The normalized spacial score (nSPS) is 23.0. The number of aromatic nitrogens is 1. The highest BCUT2D eigenvalue weighted by Gasteiger charge is 2.33. The molecular formula is C17H20N2. The number of H-pyrrole nitrogens is 1. The average molecular weight is 252 g/mol. The number of nitrogens with one attached hydrogen (secondary N) is 1. The van der Waals surface area contributed by atoms with Gasteiger partial charge in [-0.05, 0) is 30.9 Å². The number of hydrogen-bond acceptors (Lipinski definition) is 1. The molecule has 1 atom stereocenters. The molecule has 2 heteroatoms. The Kier molecular flexibility index (Phi) is 2.52. The number of hydrogen-bond donors (Lipinski definition) is 1. The molecule has 0 saturated heterocycles.